The molecule has 0 spiro atoms. The van der Waals surface area contributed by atoms with E-state index >= 15 is 0 Å². The van der Waals surface area contributed by atoms with E-state index < -0.39 is 0 Å². The van der Waals surface area contributed by atoms with E-state index in [1.165, 1.54) is 39.0 Å². The van der Waals surface area contributed by atoms with Crippen molar-refractivity contribution in [3.8, 4) is 5.88 Å². The molecule has 6 heteroatoms. The molecule has 2 N–H and O–H groups in total. The van der Waals surface area contributed by atoms with E-state index in [1.807, 2.05) is 6.07 Å². The van der Waals surface area contributed by atoms with Crippen LogP contribution >= 0.6 is 0 Å². The number of piperazine rings is 1. The number of aryl methyl sites for hydroxylation is 1. The Morgan fingerprint density at radius 1 is 1.13 bits per heavy atom. The van der Waals surface area contributed by atoms with Crippen LogP contribution in [0.1, 0.15) is 18.4 Å². The van der Waals surface area contributed by atoms with Crippen molar-refractivity contribution in [1.82, 2.24) is 14.8 Å². The molecule has 2 aliphatic rings. The maximum atomic E-state index is 5.94. The van der Waals surface area contributed by atoms with Crippen molar-refractivity contribution in [2.75, 3.05) is 64.1 Å². The minimum absolute atomic E-state index is 0.534. The first kappa shape index (κ1) is 16.3. The van der Waals surface area contributed by atoms with Gasteiger partial charge in [0.2, 0.25) is 5.88 Å². The van der Waals surface area contributed by atoms with Crippen molar-refractivity contribution in [3.05, 3.63) is 11.6 Å². The molecule has 0 radical (unpaired) electrons. The zero-order valence-corrected chi connectivity index (χ0v) is 14.6. The second-order valence-corrected chi connectivity index (χ2v) is 6.78. The molecule has 1 aromatic rings. The van der Waals surface area contributed by atoms with Crippen molar-refractivity contribution in [3.63, 3.8) is 0 Å². The Balaban J connectivity index is 1.63. The summed E-state index contributed by atoms with van der Waals surface area (Å²) < 4.78 is 5.28. The lowest BCUT2D eigenvalue weighted by molar-refractivity contribution is 0.0981. The zero-order chi connectivity index (χ0) is 16.4. The minimum Gasteiger partial charge on any atom is -0.479 e. The summed E-state index contributed by atoms with van der Waals surface area (Å²) in [6, 6.07) is 2.68. The fourth-order valence-electron chi connectivity index (χ4n) is 3.72. The van der Waals surface area contributed by atoms with Gasteiger partial charge in [-0.05, 0) is 38.4 Å². The number of rotatable bonds is 3. The van der Waals surface area contributed by atoms with E-state index in [9.17, 15) is 0 Å². The van der Waals surface area contributed by atoms with Gasteiger partial charge in [0.05, 0.1) is 12.8 Å². The summed E-state index contributed by atoms with van der Waals surface area (Å²) in [6.07, 6.45) is 2.41. The Morgan fingerprint density at radius 2 is 1.78 bits per heavy atom. The number of hydrogen-bond donors (Lipinski definition) is 1. The zero-order valence-electron chi connectivity index (χ0n) is 14.6. The molecule has 0 atom stereocenters. The van der Waals surface area contributed by atoms with Gasteiger partial charge in [-0.3, -0.25) is 4.90 Å². The summed E-state index contributed by atoms with van der Waals surface area (Å²) in [7, 11) is 3.83. The monoisotopic (exact) mass is 319 g/mol. The Labute approximate surface area is 139 Å². The third kappa shape index (κ3) is 3.53. The Kier molecular flexibility index (Phi) is 4.92. The van der Waals surface area contributed by atoms with Gasteiger partial charge in [0.25, 0.3) is 0 Å². The van der Waals surface area contributed by atoms with E-state index in [-0.39, 0.29) is 0 Å². The lowest BCUT2D eigenvalue weighted by Crippen LogP contribution is -2.52. The average Bonchev–Trinajstić information content (AvgIpc) is 2.56. The molecule has 3 rings (SSSR count). The van der Waals surface area contributed by atoms with Crippen LogP contribution in [0.25, 0.3) is 0 Å². The predicted molar refractivity (Wildman–Crippen MR) is 94.2 cm³/mol. The molecule has 0 aliphatic carbocycles. The lowest BCUT2D eigenvalue weighted by Gasteiger charge is -2.42. The molecule has 1 aromatic heterocycles. The number of nitrogens with zero attached hydrogens (tertiary/aromatic N) is 4. The summed E-state index contributed by atoms with van der Waals surface area (Å²) in [4.78, 5) is 12.1. The van der Waals surface area contributed by atoms with Gasteiger partial charge in [-0.1, -0.05) is 0 Å². The third-order valence-electron chi connectivity index (χ3n) is 5.19. The number of ether oxygens (including phenoxy) is 1. The van der Waals surface area contributed by atoms with Crippen LogP contribution in [0.15, 0.2) is 6.07 Å². The number of piperidine rings is 1. The molecule has 0 aromatic carbocycles. The van der Waals surface area contributed by atoms with Crippen LogP contribution in [-0.4, -0.2) is 74.3 Å². The summed E-state index contributed by atoms with van der Waals surface area (Å²) in [5.41, 5.74) is 7.68. The molecule has 2 aliphatic heterocycles. The highest BCUT2D eigenvalue weighted by Crippen LogP contribution is 2.29. The second-order valence-electron chi connectivity index (χ2n) is 6.78. The highest BCUT2D eigenvalue weighted by Gasteiger charge is 2.27. The van der Waals surface area contributed by atoms with Crippen molar-refractivity contribution in [2.45, 2.75) is 25.8 Å². The standard InChI is InChI=1S/C17H29N5O/c1-13-12-15(18)17(23-3)19-16(13)22-6-4-14(5-7-22)21-10-8-20(2)9-11-21/h12,14H,4-11,18H2,1-3H3. The van der Waals surface area contributed by atoms with E-state index in [1.54, 1.807) is 7.11 Å². The van der Waals surface area contributed by atoms with Crippen LogP contribution in [-0.2, 0) is 0 Å². The largest absolute Gasteiger partial charge is 0.479 e. The molecule has 2 saturated heterocycles. The lowest BCUT2D eigenvalue weighted by atomic mass is 10.0. The molecule has 2 fully saturated rings. The highest BCUT2D eigenvalue weighted by atomic mass is 16.5. The van der Waals surface area contributed by atoms with Crippen LogP contribution in [0.5, 0.6) is 5.88 Å². The van der Waals surface area contributed by atoms with Crippen LogP contribution in [0.3, 0.4) is 0 Å². The first-order valence-electron chi connectivity index (χ1n) is 8.57. The summed E-state index contributed by atoms with van der Waals surface area (Å²) in [6.45, 7) is 8.97. The molecule has 0 saturated carbocycles. The minimum atomic E-state index is 0.534. The van der Waals surface area contributed by atoms with Gasteiger partial charge in [-0.25, -0.2) is 0 Å². The number of nitrogens with two attached hydrogens (primary N) is 1. The van der Waals surface area contributed by atoms with Gasteiger partial charge in [0.1, 0.15) is 5.82 Å². The van der Waals surface area contributed by atoms with Gasteiger partial charge < -0.3 is 20.3 Å². The molecule has 0 bridgehead atoms. The summed E-state index contributed by atoms with van der Waals surface area (Å²) in [5, 5.41) is 0. The fraction of sp³-hybridized carbons (Fsp3) is 0.706. The van der Waals surface area contributed by atoms with E-state index in [2.05, 4.69) is 33.7 Å². The normalized spacial score (nSPS) is 21.6. The SMILES string of the molecule is COc1nc(N2CCC(N3CCN(C)CC3)CC2)c(C)cc1N. The molecule has 128 valence electrons. The topological polar surface area (TPSA) is 57.9 Å². The second kappa shape index (κ2) is 6.93. The van der Waals surface area contributed by atoms with Gasteiger partial charge in [-0.2, -0.15) is 4.98 Å². The van der Waals surface area contributed by atoms with Gasteiger partial charge in [0.15, 0.2) is 0 Å². The van der Waals surface area contributed by atoms with Crippen molar-refractivity contribution in [2.24, 2.45) is 0 Å². The van der Waals surface area contributed by atoms with Gasteiger partial charge in [0, 0.05) is 45.3 Å². The van der Waals surface area contributed by atoms with Crippen molar-refractivity contribution in [1.29, 1.82) is 0 Å². The van der Waals surface area contributed by atoms with Crippen molar-refractivity contribution < 1.29 is 4.74 Å². The maximum Gasteiger partial charge on any atom is 0.238 e. The number of hydrogen-bond acceptors (Lipinski definition) is 6. The van der Waals surface area contributed by atoms with E-state index in [0.29, 0.717) is 11.6 Å². The molecule has 0 unspecified atom stereocenters. The number of methoxy groups -OCH3 is 1. The first-order chi connectivity index (χ1) is 11.1. The Bertz CT molecular complexity index is 534. The Morgan fingerprint density at radius 3 is 2.39 bits per heavy atom. The molecule has 0 amide bonds. The van der Waals surface area contributed by atoms with Crippen LogP contribution in [0.4, 0.5) is 11.5 Å². The molecular formula is C17H29N5O. The van der Waals surface area contributed by atoms with E-state index in [4.69, 9.17) is 10.5 Å². The summed E-state index contributed by atoms with van der Waals surface area (Å²) >= 11 is 0. The van der Waals surface area contributed by atoms with E-state index in [0.717, 1.165) is 30.5 Å². The predicted octanol–water partition coefficient (Wildman–Crippen LogP) is 1.20. The molecule has 6 nitrogen and oxygen atoms in total. The number of aromatic nitrogens is 1. The number of anilines is 2. The smallest absolute Gasteiger partial charge is 0.238 e. The molecule has 23 heavy (non-hydrogen) atoms. The van der Waals surface area contributed by atoms with Gasteiger partial charge >= 0.3 is 0 Å². The van der Waals surface area contributed by atoms with Crippen molar-refractivity contribution >= 4 is 11.5 Å². The maximum absolute atomic E-state index is 5.94. The first-order valence-corrected chi connectivity index (χ1v) is 8.57. The van der Waals surface area contributed by atoms with Gasteiger partial charge in [-0.15, -0.1) is 0 Å². The number of pyridine rings is 1. The quantitative estimate of drug-likeness (QED) is 0.903. The number of nitrogen functional groups attached to an aromatic ring is 1. The Hall–Kier alpha value is -1.53. The fourth-order valence-corrected chi connectivity index (χ4v) is 3.72. The molecular weight excluding hydrogens is 290 g/mol. The van der Waals surface area contributed by atoms with Crippen LogP contribution < -0.4 is 15.4 Å². The van der Waals surface area contributed by atoms with Crippen LogP contribution in [0.2, 0.25) is 0 Å². The average molecular weight is 319 g/mol. The third-order valence-corrected chi connectivity index (χ3v) is 5.19. The van der Waals surface area contributed by atoms with Crippen LogP contribution in [0, 0.1) is 6.92 Å². The number of likely N-dealkylation sites (N-methyl/N-ethyl adjacent to an activating group) is 1. The highest BCUT2D eigenvalue weighted by molar-refractivity contribution is 5.59. The molecule has 3 heterocycles. The summed E-state index contributed by atoms with van der Waals surface area (Å²) in [5.74, 6) is 1.56.